The number of carbonyl (C=O) groups excluding carboxylic acids is 1. The molecule has 0 aliphatic rings. The van der Waals surface area contributed by atoms with Crippen molar-refractivity contribution >= 4 is 35.4 Å². The number of carbonyl (C=O) groups is 2. The Morgan fingerprint density at radius 1 is 0.808 bits per heavy atom. The van der Waals surface area contributed by atoms with Gasteiger partial charge in [0.2, 0.25) is 5.91 Å². The third-order valence-corrected chi connectivity index (χ3v) is 4.99. The quantitative estimate of drug-likeness (QED) is 0.658. The van der Waals surface area contributed by atoms with E-state index in [1.54, 1.807) is 23.5 Å². The van der Waals surface area contributed by atoms with E-state index in [1.165, 1.54) is 9.79 Å². The first-order valence-electron chi connectivity index (χ1n) is 8.38. The summed E-state index contributed by atoms with van der Waals surface area (Å²) in [6.45, 7) is 4.21. The highest BCUT2D eigenvalue weighted by molar-refractivity contribution is 7.99. The molecule has 0 radical (unpaired) electrons. The van der Waals surface area contributed by atoms with Crippen LogP contribution in [0.25, 0.3) is 0 Å². The smallest absolute Gasteiger partial charge is 0.307 e. The van der Waals surface area contributed by atoms with Crippen LogP contribution in [-0.2, 0) is 22.4 Å². The highest BCUT2D eigenvalue weighted by Crippen LogP contribution is 2.18. The molecule has 0 saturated heterocycles. The van der Waals surface area contributed by atoms with Crippen molar-refractivity contribution in [1.82, 2.24) is 0 Å². The van der Waals surface area contributed by atoms with Crippen LogP contribution < -0.4 is 5.73 Å². The maximum Gasteiger partial charge on any atom is 0.307 e. The van der Waals surface area contributed by atoms with Crippen LogP contribution in [0.15, 0.2) is 58.3 Å². The third-order valence-electron chi connectivity index (χ3n) is 3.20. The minimum atomic E-state index is -0.782. The summed E-state index contributed by atoms with van der Waals surface area (Å²) in [4.78, 5) is 23.4. The van der Waals surface area contributed by atoms with Crippen molar-refractivity contribution < 1.29 is 14.7 Å². The second kappa shape index (κ2) is 12.4. The lowest BCUT2D eigenvalue weighted by molar-refractivity contribution is -0.136. The number of rotatable bonds is 8. The second-order valence-corrected chi connectivity index (χ2v) is 8.04. The van der Waals surface area contributed by atoms with Crippen molar-refractivity contribution in [2.75, 3.05) is 11.5 Å². The highest BCUT2D eigenvalue weighted by atomic mass is 32.2. The molecule has 0 heterocycles. The SMILES string of the molecule is CCSc1ccc(CC(=O)O)cc1.CCSc1ccc(CC(N)=O)cc1. The monoisotopic (exact) mass is 391 g/mol. The van der Waals surface area contributed by atoms with Gasteiger partial charge in [-0.1, -0.05) is 38.1 Å². The first-order valence-corrected chi connectivity index (χ1v) is 10.3. The van der Waals surface area contributed by atoms with Gasteiger partial charge in [-0.25, -0.2) is 0 Å². The van der Waals surface area contributed by atoms with E-state index in [4.69, 9.17) is 10.8 Å². The van der Waals surface area contributed by atoms with Crippen molar-refractivity contribution in [2.24, 2.45) is 5.73 Å². The summed E-state index contributed by atoms with van der Waals surface area (Å²) in [5.41, 5.74) is 6.91. The molecule has 0 aliphatic heterocycles. The minimum Gasteiger partial charge on any atom is -0.481 e. The molecule has 140 valence electrons. The molecule has 4 nitrogen and oxygen atoms in total. The summed E-state index contributed by atoms with van der Waals surface area (Å²) >= 11 is 3.54. The molecule has 0 aliphatic carbocycles. The first kappa shape index (κ1) is 22.1. The van der Waals surface area contributed by atoms with Gasteiger partial charge in [0.1, 0.15) is 0 Å². The lowest BCUT2D eigenvalue weighted by Gasteiger charge is -2.00. The lowest BCUT2D eigenvalue weighted by Crippen LogP contribution is -2.13. The molecule has 0 aromatic heterocycles. The number of nitrogens with two attached hydrogens (primary N) is 1. The fourth-order valence-electron chi connectivity index (χ4n) is 2.12. The molecule has 2 aromatic carbocycles. The van der Waals surface area contributed by atoms with Crippen molar-refractivity contribution in [3.8, 4) is 0 Å². The summed E-state index contributed by atoms with van der Waals surface area (Å²) in [6.07, 6.45) is 0.439. The van der Waals surface area contributed by atoms with E-state index >= 15 is 0 Å². The number of carboxylic acids is 1. The Hall–Kier alpha value is -1.92. The van der Waals surface area contributed by atoms with Crippen molar-refractivity contribution in [1.29, 1.82) is 0 Å². The van der Waals surface area contributed by atoms with Crippen LogP contribution in [0.4, 0.5) is 0 Å². The highest BCUT2D eigenvalue weighted by Gasteiger charge is 2.00. The van der Waals surface area contributed by atoms with Gasteiger partial charge in [0.05, 0.1) is 12.8 Å². The maximum absolute atomic E-state index is 10.6. The van der Waals surface area contributed by atoms with Gasteiger partial charge in [-0.2, -0.15) is 0 Å². The van der Waals surface area contributed by atoms with Crippen molar-refractivity contribution in [3.63, 3.8) is 0 Å². The largest absolute Gasteiger partial charge is 0.481 e. The van der Waals surface area contributed by atoms with Crippen LogP contribution in [0.1, 0.15) is 25.0 Å². The fourth-order valence-corrected chi connectivity index (χ4v) is 3.44. The van der Waals surface area contributed by atoms with Gasteiger partial charge in [0.15, 0.2) is 0 Å². The van der Waals surface area contributed by atoms with E-state index in [2.05, 4.69) is 13.8 Å². The molecule has 0 atom stereocenters. The molecule has 0 unspecified atom stereocenters. The average Bonchev–Trinajstić information content (AvgIpc) is 2.59. The second-order valence-electron chi connectivity index (χ2n) is 5.37. The molecule has 6 heteroatoms. The predicted molar refractivity (Wildman–Crippen MR) is 110 cm³/mol. The zero-order valence-corrected chi connectivity index (χ0v) is 16.7. The van der Waals surface area contributed by atoms with Gasteiger partial charge < -0.3 is 10.8 Å². The van der Waals surface area contributed by atoms with E-state index in [0.717, 1.165) is 22.6 Å². The van der Waals surface area contributed by atoms with Gasteiger partial charge in [0, 0.05) is 9.79 Å². The molecule has 0 bridgehead atoms. The third kappa shape index (κ3) is 9.53. The Labute approximate surface area is 163 Å². The standard InChI is InChI=1S/C10H13NOS.C10H12O2S/c2*1-2-13-9-5-3-8(4-6-9)7-10(11)12/h3-6H,2,7H2,1H3,(H2,11,12);3-6H,2,7H2,1H3,(H,11,12). The Morgan fingerprint density at radius 2 is 1.19 bits per heavy atom. The number of thioether (sulfide) groups is 2. The van der Waals surface area contributed by atoms with Crippen LogP contribution in [0.2, 0.25) is 0 Å². The fraction of sp³-hybridized carbons (Fsp3) is 0.300. The molecule has 2 rings (SSSR count). The van der Waals surface area contributed by atoms with E-state index in [9.17, 15) is 9.59 Å². The first-order chi connectivity index (χ1) is 12.4. The number of carboxylic acid groups (broad SMARTS) is 1. The van der Waals surface area contributed by atoms with Crippen LogP contribution >= 0.6 is 23.5 Å². The van der Waals surface area contributed by atoms with Gasteiger partial charge in [-0.05, 0) is 46.9 Å². The zero-order valence-electron chi connectivity index (χ0n) is 15.1. The number of primary amides is 1. The average molecular weight is 392 g/mol. The van der Waals surface area contributed by atoms with Gasteiger partial charge in [0.25, 0.3) is 0 Å². The van der Waals surface area contributed by atoms with Crippen LogP contribution in [0.3, 0.4) is 0 Å². The lowest BCUT2D eigenvalue weighted by atomic mass is 10.1. The Balaban J connectivity index is 0.000000260. The molecule has 0 fully saturated rings. The van der Waals surface area contributed by atoms with Gasteiger partial charge >= 0.3 is 5.97 Å². The molecule has 26 heavy (non-hydrogen) atoms. The number of benzene rings is 2. The van der Waals surface area contributed by atoms with Crippen LogP contribution in [0, 0.1) is 0 Å². The molecule has 3 N–H and O–H groups in total. The molecular weight excluding hydrogens is 366 g/mol. The van der Waals surface area contributed by atoms with E-state index < -0.39 is 5.97 Å². The predicted octanol–water partition coefficient (Wildman–Crippen LogP) is 4.25. The molecular formula is C20H25NO3S2. The van der Waals surface area contributed by atoms with E-state index in [-0.39, 0.29) is 12.3 Å². The minimum absolute atomic E-state index is 0.108. The van der Waals surface area contributed by atoms with E-state index in [1.807, 2.05) is 48.5 Å². The number of amides is 1. The van der Waals surface area contributed by atoms with E-state index in [0.29, 0.717) is 6.42 Å². The van der Waals surface area contributed by atoms with Crippen LogP contribution in [-0.4, -0.2) is 28.5 Å². The topological polar surface area (TPSA) is 80.4 Å². The molecule has 2 aromatic rings. The zero-order chi connectivity index (χ0) is 19.4. The summed E-state index contributed by atoms with van der Waals surface area (Å²) in [5.74, 6) is 1.04. The summed E-state index contributed by atoms with van der Waals surface area (Å²) in [5, 5.41) is 8.53. The molecule has 0 spiro atoms. The maximum atomic E-state index is 10.6. The van der Waals surface area contributed by atoms with Crippen molar-refractivity contribution in [3.05, 3.63) is 59.7 Å². The van der Waals surface area contributed by atoms with Gasteiger partial charge in [-0.15, -0.1) is 23.5 Å². The summed E-state index contributed by atoms with van der Waals surface area (Å²) < 4.78 is 0. The Kier molecular flexibility index (Phi) is 10.6. The molecule has 0 saturated carbocycles. The number of hydrogen-bond donors (Lipinski definition) is 2. The molecule has 1 amide bonds. The Morgan fingerprint density at radius 3 is 1.50 bits per heavy atom. The van der Waals surface area contributed by atoms with Crippen molar-refractivity contribution in [2.45, 2.75) is 36.5 Å². The number of hydrogen-bond acceptors (Lipinski definition) is 4. The normalized spacial score (nSPS) is 9.92. The van der Waals surface area contributed by atoms with Gasteiger partial charge in [-0.3, -0.25) is 9.59 Å². The Bertz CT molecular complexity index is 624. The van der Waals surface area contributed by atoms with Crippen LogP contribution in [0.5, 0.6) is 0 Å². The summed E-state index contributed by atoms with van der Waals surface area (Å²) in [6, 6.07) is 15.6. The number of aliphatic carboxylic acids is 1. The summed E-state index contributed by atoms with van der Waals surface area (Å²) in [7, 11) is 0.